The largest absolute Gasteiger partial charge is 0.298 e. The minimum atomic E-state index is 0.519. The van der Waals surface area contributed by atoms with E-state index in [-0.39, 0.29) is 0 Å². The van der Waals surface area contributed by atoms with Gasteiger partial charge in [0.2, 0.25) is 0 Å². The Morgan fingerprint density at radius 1 is 1.00 bits per heavy atom. The monoisotopic (exact) mass is 304 g/mol. The smallest absolute Gasteiger partial charge is 0.0273 e. The fraction of sp³-hybridized carbons (Fsp3) is 0.381. The van der Waals surface area contributed by atoms with E-state index < -0.39 is 0 Å². The zero-order chi connectivity index (χ0) is 15.5. The van der Waals surface area contributed by atoms with Gasteiger partial charge in [-0.2, -0.15) is 0 Å². The van der Waals surface area contributed by atoms with Gasteiger partial charge in [0, 0.05) is 25.5 Å². The van der Waals surface area contributed by atoms with Crippen molar-refractivity contribution in [1.82, 2.24) is 9.88 Å². The molecule has 2 nitrogen and oxygen atoms in total. The molecule has 0 amide bonds. The van der Waals surface area contributed by atoms with Crippen LogP contribution in [0.3, 0.4) is 0 Å². The number of rotatable bonds is 3. The lowest BCUT2D eigenvalue weighted by Gasteiger charge is -2.33. The second-order valence-electron chi connectivity index (χ2n) is 7.12. The molecule has 1 aromatic carbocycles. The van der Waals surface area contributed by atoms with Gasteiger partial charge in [0.1, 0.15) is 0 Å². The molecule has 0 saturated carbocycles. The summed E-state index contributed by atoms with van der Waals surface area (Å²) in [5.41, 5.74) is 4.83. The predicted octanol–water partition coefficient (Wildman–Crippen LogP) is 4.54. The highest BCUT2D eigenvalue weighted by atomic mass is 15.2. The summed E-state index contributed by atoms with van der Waals surface area (Å²) in [7, 11) is 0. The average molecular weight is 304 g/mol. The predicted molar refractivity (Wildman–Crippen MR) is 94.8 cm³/mol. The molecule has 1 spiro atoms. The van der Waals surface area contributed by atoms with Crippen molar-refractivity contribution < 1.29 is 0 Å². The fourth-order valence-corrected chi connectivity index (χ4v) is 4.15. The van der Waals surface area contributed by atoms with Gasteiger partial charge >= 0.3 is 0 Å². The van der Waals surface area contributed by atoms with Crippen molar-refractivity contribution >= 4 is 5.57 Å². The van der Waals surface area contributed by atoms with Gasteiger partial charge in [-0.25, -0.2) is 0 Å². The molecule has 1 fully saturated rings. The number of hydrogen-bond acceptors (Lipinski definition) is 2. The molecule has 2 aliphatic rings. The molecule has 0 radical (unpaired) electrons. The molecule has 0 N–H and O–H groups in total. The van der Waals surface area contributed by atoms with E-state index in [2.05, 4.69) is 58.4 Å². The molecular formula is C21H24N2. The highest BCUT2D eigenvalue weighted by molar-refractivity contribution is 5.66. The normalized spacial score (nSPS) is 24.8. The van der Waals surface area contributed by atoms with Crippen LogP contribution in [0.2, 0.25) is 0 Å². The van der Waals surface area contributed by atoms with E-state index in [0.717, 1.165) is 6.54 Å². The highest BCUT2D eigenvalue weighted by Crippen LogP contribution is 2.45. The summed E-state index contributed by atoms with van der Waals surface area (Å²) in [6.45, 7) is 3.60. The third kappa shape index (κ3) is 3.23. The summed E-state index contributed by atoms with van der Waals surface area (Å²) in [4.78, 5) is 6.77. The second-order valence-corrected chi connectivity index (χ2v) is 7.12. The first-order valence-corrected chi connectivity index (χ1v) is 8.69. The molecule has 0 bridgehead atoms. The standard InChI is InChI=1S/C21H24N2/c1-2-4-18(5-3-1)16-23-15-12-21(17-23)10-6-19(7-11-21)20-8-13-22-14-9-20/h1-6,8-9,13-14H,7,10-12,15-17H2/t21-/m0/s1. The molecule has 1 aliphatic carbocycles. The van der Waals surface area contributed by atoms with Crippen LogP contribution in [0.5, 0.6) is 0 Å². The third-order valence-electron chi connectivity index (χ3n) is 5.52. The van der Waals surface area contributed by atoms with Gasteiger partial charge < -0.3 is 0 Å². The van der Waals surface area contributed by atoms with Crippen LogP contribution in [0.1, 0.15) is 36.8 Å². The zero-order valence-electron chi connectivity index (χ0n) is 13.6. The van der Waals surface area contributed by atoms with Crippen LogP contribution >= 0.6 is 0 Å². The topological polar surface area (TPSA) is 16.1 Å². The van der Waals surface area contributed by atoms with Crippen molar-refractivity contribution in [2.75, 3.05) is 13.1 Å². The Balaban J connectivity index is 1.41. The van der Waals surface area contributed by atoms with Crippen LogP contribution in [0.4, 0.5) is 0 Å². The van der Waals surface area contributed by atoms with Crippen LogP contribution in [0, 0.1) is 5.41 Å². The molecule has 1 saturated heterocycles. The first-order valence-electron chi connectivity index (χ1n) is 8.69. The average Bonchev–Trinajstić information content (AvgIpc) is 2.99. The van der Waals surface area contributed by atoms with Gasteiger partial charge in [-0.15, -0.1) is 0 Å². The molecule has 118 valence electrons. The molecule has 1 atom stereocenters. The Labute approximate surface area is 138 Å². The minimum Gasteiger partial charge on any atom is -0.298 e. The molecule has 2 heterocycles. The van der Waals surface area contributed by atoms with Crippen molar-refractivity contribution in [3.8, 4) is 0 Å². The van der Waals surface area contributed by atoms with Crippen molar-refractivity contribution in [2.24, 2.45) is 5.41 Å². The molecule has 1 aromatic heterocycles. The van der Waals surface area contributed by atoms with E-state index in [1.807, 2.05) is 12.4 Å². The molecule has 2 aromatic rings. The van der Waals surface area contributed by atoms with Gasteiger partial charge in [0.05, 0.1) is 0 Å². The van der Waals surface area contributed by atoms with Crippen LogP contribution < -0.4 is 0 Å². The summed E-state index contributed by atoms with van der Waals surface area (Å²) in [6, 6.07) is 15.2. The number of hydrogen-bond donors (Lipinski definition) is 0. The molecule has 4 rings (SSSR count). The van der Waals surface area contributed by atoms with Gasteiger partial charge in [0.15, 0.2) is 0 Å². The third-order valence-corrected chi connectivity index (χ3v) is 5.52. The summed E-state index contributed by atoms with van der Waals surface area (Å²) >= 11 is 0. The summed E-state index contributed by atoms with van der Waals surface area (Å²) in [6.07, 6.45) is 11.4. The Bertz CT molecular complexity index is 678. The zero-order valence-corrected chi connectivity index (χ0v) is 13.6. The molecule has 2 heteroatoms. The van der Waals surface area contributed by atoms with Crippen molar-refractivity contribution in [1.29, 1.82) is 0 Å². The van der Waals surface area contributed by atoms with E-state index in [0.29, 0.717) is 5.41 Å². The van der Waals surface area contributed by atoms with E-state index in [4.69, 9.17) is 0 Å². The number of allylic oxidation sites excluding steroid dienone is 2. The Morgan fingerprint density at radius 2 is 1.83 bits per heavy atom. The van der Waals surface area contributed by atoms with Crippen LogP contribution in [0.15, 0.2) is 60.9 Å². The van der Waals surface area contributed by atoms with Crippen molar-refractivity contribution in [3.63, 3.8) is 0 Å². The van der Waals surface area contributed by atoms with Crippen molar-refractivity contribution in [2.45, 2.75) is 32.2 Å². The van der Waals surface area contributed by atoms with Gasteiger partial charge in [-0.1, -0.05) is 36.4 Å². The van der Waals surface area contributed by atoms with Gasteiger partial charge in [0.25, 0.3) is 0 Å². The number of aromatic nitrogens is 1. The lowest BCUT2D eigenvalue weighted by molar-refractivity contribution is 0.235. The Morgan fingerprint density at radius 3 is 2.57 bits per heavy atom. The first-order chi connectivity index (χ1) is 11.3. The summed E-state index contributed by atoms with van der Waals surface area (Å²) in [5, 5.41) is 0. The van der Waals surface area contributed by atoms with Gasteiger partial charge in [-0.3, -0.25) is 9.88 Å². The maximum absolute atomic E-state index is 4.13. The lowest BCUT2D eigenvalue weighted by Crippen LogP contribution is -2.28. The Hall–Kier alpha value is -1.93. The van der Waals surface area contributed by atoms with Crippen molar-refractivity contribution in [3.05, 3.63) is 72.1 Å². The van der Waals surface area contributed by atoms with E-state index in [1.165, 1.54) is 55.5 Å². The van der Waals surface area contributed by atoms with E-state index >= 15 is 0 Å². The molecule has 1 aliphatic heterocycles. The SMILES string of the molecule is C1=C(c2ccncc2)CC[C@@]2(C1)CCN(Cc1ccccc1)C2. The van der Waals surface area contributed by atoms with Crippen LogP contribution in [-0.2, 0) is 6.54 Å². The van der Waals surface area contributed by atoms with Crippen LogP contribution in [0.25, 0.3) is 5.57 Å². The molecule has 23 heavy (non-hydrogen) atoms. The number of benzene rings is 1. The maximum atomic E-state index is 4.13. The Kier molecular flexibility index (Phi) is 4.00. The summed E-state index contributed by atoms with van der Waals surface area (Å²) in [5.74, 6) is 0. The quantitative estimate of drug-likeness (QED) is 0.827. The molecular weight excluding hydrogens is 280 g/mol. The summed E-state index contributed by atoms with van der Waals surface area (Å²) < 4.78 is 0. The van der Waals surface area contributed by atoms with Crippen LogP contribution in [-0.4, -0.2) is 23.0 Å². The highest BCUT2D eigenvalue weighted by Gasteiger charge is 2.38. The maximum Gasteiger partial charge on any atom is 0.0273 e. The number of nitrogens with zero attached hydrogens (tertiary/aromatic N) is 2. The van der Waals surface area contributed by atoms with E-state index in [1.54, 1.807) is 0 Å². The number of likely N-dealkylation sites (tertiary alicyclic amines) is 1. The number of pyridine rings is 1. The fourth-order valence-electron chi connectivity index (χ4n) is 4.15. The molecule has 0 unspecified atom stereocenters. The second kappa shape index (κ2) is 6.29. The lowest BCUT2D eigenvalue weighted by atomic mass is 9.73. The minimum absolute atomic E-state index is 0.519. The van der Waals surface area contributed by atoms with E-state index in [9.17, 15) is 0 Å². The first kappa shape index (κ1) is 14.6. The van der Waals surface area contributed by atoms with Gasteiger partial charge in [-0.05, 0) is 66.5 Å².